The van der Waals surface area contributed by atoms with Gasteiger partial charge in [0.05, 0.1) is 97.7 Å². The number of esters is 4. The van der Waals surface area contributed by atoms with Crippen molar-refractivity contribution >= 4 is 141 Å². The maximum atomic E-state index is 12.9. The van der Waals surface area contributed by atoms with Crippen LogP contribution in [0.15, 0.2) is 175 Å². The molecule has 3 saturated heterocycles. The second-order valence-electron chi connectivity index (χ2n) is 34.2. The molecule has 3 aliphatic rings. The number of carbonyl (C=O) groups is 13. The number of Topliss-reactive ketones (excluding diaryl/α,β-unsaturated/α-hetero) is 4. The van der Waals surface area contributed by atoms with E-state index in [0.717, 1.165) is 10.8 Å². The number of likely N-dealkylation sites (N-methyl/N-ethyl adjacent to an activating group) is 1. The van der Waals surface area contributed by atoms with Gasteiger partial charge in [0.25, 0.3) is 30.4 Å². The first kappa shape index (κ1) is 112. The average molecular weight is 2060 g/mol. The van der Waals surface area contributed by atoms with Crippen molar-refractivity contribution in [2.75, 3.05) is 43.9 Å². The third-order valence-electron chi connectivity index (χ3n) is 22.9. The van der Waals surface area contributed by atoms with Crippen LogP contribution in [0.4, 0.5) is 0 Å². The second-order valence-corrected chi connectivity index (χ2v) is 38.7. The molecule has 0 aliphatic carbocycles. The number of nitrogens with one attached hydrogen (secondary N) is 4. The number of carboxylic acids is 5. The first-order valence-corrected chi connectivity index (χ1v) is 48.9. The Bertz CT molecular complexity index is 6460. The number of amidine groups is 4. The van der Waals surface area contributed by atoms with Gasteiger partial charge < -0.3 is 85.1 Å². The number of ketones is 4. The van der Waals surface area contributed by atoms with Crippen LogP contribution in [-0.2, 0) is 99.7 Å². The fourth-order valence-corrected chi connectivity index (χ4v) is 18.4. The predicted molar refractivity (Wildman–Crippen MR) is 507 cm³/mol. The molecular weight excluding hydrogens is 1950 g/mol. The van der Waals surface area contributed by atoms with E-state index in [4.69, 9.17) is 100.0 Å². The summed E-state index contributed by atoms with van der Waals surface area (Å²) in [5.74, 6) is -19.0. The van der Waals surface area contributed by atoms with E-state index in [0.29, 0.717) is 109 Å². The molecule has 5 aromatic carbocycles. The van der Waals surface area contributed by atoms with E-state index in [-0.39, 0.29) is 95.7 Å². The molecule has 8 atom stereocenters. The van der Waals surface area contributed by atoms with Crippen molar-refractivity contribution < 1.29 is 163 Å². The molecule has 9 aromatic rings. The number of carboxylic acid groups (broad SMARTS) is 5. The molecule has 20 N–H and O–H groups in total. The summed E-state index contributed by atoms with van der Waals surface area (Å²) in [6.07, 6.45) is 0.726. The van der Waals surface area contributed by atoms with Crippen LogP contribution >= 0.6 is 0 Å². The number of benzene rings is 5. The summed E-state index contributed by atoms with van der Waals surface area (Å²) in [6, 6.07) is 37.9. The van der Waals surface area contributed by atoms with Gasteiger partial charge in [-0.05, 0) is 221 Å². The van der Waals surface area contributed by atoms with E-state index in [1.807, 2.05) is 0 Å². The molecule has 12 rings (SSSR count). The number of hydrogen-bond donors (Lipinski definition) is 16. The lowest BCUT2D eigenvalue weighted by Gasteiger charge is -2.30. The van der Waals surface area contributed by atoms with Crippen molar-refractivity contribution in [3.05, 3.63) is 226 Å². The van der Waals surface area contributed by atoms with Gasteiger partial charge in [-0.3, -0.25) is 98.0 Å². The van der Waals surface area contributed by atoms with Crippen molar-refractivity contribution in [3.8, 4) is 23.0 Å². The normalized spacial score (nSPS) is 16.0. The fourth-order valence-electron chi connectivity index (χ4n) is 16.1. The molecule has 144 heavy (non-hydrogen) atoms. The van der Waals surface area contributed by atoms with E-state index in [1.54, 1.807) is 113 Å². The third-order valence-corrected chi connectivity index (χ3v) is 25.4. The largest absolute Gasteiger partial charge is 0.481 e. The predicted octanol–water partition coefficient (Wildman–Crippen LogP) is 7.41. The third kappa shape index (κ3) is 34.3. The molecule has 770 valence electrons. The van der Waals surface area contributed by atoms with Crippen LogP contribution in [0.5, 0.6) is 23.0 Å². The summed E-state index contributed by atoms with van der Waals surface area (Å²) in [7, 11) is -12.0. The van der Waals surface area contributed by atoms with Crippen LogP contribution in [0.25, 0.3) is 10.8 Å². The summed E-state index contributed by atoms with van der Waals surface area (Å²) in [4.78, 5) is 164. The first-order valence-electron chi connectivity index (χ1n) is 44.1. The summed E-state index contributed by atoms with van der Waals surface area (Å²) >= 11 is 0. The number of aliphatic carboxylic acids is 5. The van der Waals surface area contributed by atoms with Crippen LogP contribution in [0, 0.1) is 51.2 Å². The number of likely N-dealkylation sites (tertiary alicyclic amines) is 3. The van der Waals surface area contributed by atoms with Gasteiger partial charge in [0, 0.05) is 47.9 Å². The van der Waals surface area contributed by atoms with Crippen LogP contribution < -0.4 is 41.9 Å². The number of ether oxygens (including phenoxy) is 4. The topological polar surface area (TPSA) is 788 Å². The minimum absolute atomic E-state index is 0.0433. The minimum atomic E-state index is -4.56. The zero-order valence-corrected chi connectivity index (χ0v) is 79.9. The molecule has 3 fully saturated rings. The van der Waals surface area contributed by atoms with E-state index >= 15 is 0 Å². The van der Waals surface area contributed by atoms with Crippen molar-refractivity contribution in [3.63, 3.8) is 0 Å². The van der Waals surface area contributed by atoms with Crippen molar-refractivity contribution in [1.82, 2.24) is 19.6 Å². The standard InChI is InChI=1S/C26H27N3O9S.C24H29N3O8.2C22H25N3O9S/c27-24(28)17-4-3-16-11-19(6-5-15(16)10-17)38-26(33)23-8-7-20(37-23)13-29-9-1-2-21(29)22(30)12-18(25(31)32)14-39(34,35)36;1-13(2)21(18(28)10-15(23(31)32)11-20(29)30)27(3)12-17-8-9-19(34-17)24(33)35-16-6-4-14(5-7-16)22(25)26;2*23-20(24)13-3-5-15(6-4-13)34-22(29)19-8-7-16(33-19)11-25-9-1-2-17(25)18(26)10-14(21(27)28)12-35(30,31)32/h3-8,10-11,18,21H,1-2,9,12-14H2,(H3,27,28)(H,31,32)(H,34,35,36);4-9,13,15,21H,10-12H2,1-3H3,(H3,25,26)(H,29,30)(H,31,32);2*3-8,14,17H,1-2,9-12H2,(H3,23,24)(H,27,28)(H,30,31,32)/t18-,21+;15-,21-;14-,17+;14-,17-/m0000/s1. The van der Waals surface area contributed by atoms with Crippen molar-refractivity contribution in [2.24, 2.45) is 52.5 Å². The first-order chi connectivity index (χ1) is 67.6. The molecule has 0 spiro atoms. The Morgan fingerprint density at radius 2 is 0.653 bits per heavy atom. The molecule has 3 aliphatic heterocycles. The Labute approximate surface area is 821 Å². The van der Waals surface area contributed by atoms with Crippen LogP contribution in [0.1, 0.15) is 172 Å². The molecule has 4 aromatic heterocycles. The SMILES string of the molecule is CC(C)[C@@H](C(=O)C[C@@H](CC(=O)O)C(=O)O)N(C)Cc1ccc(C(=O)Oc2ccc(C(=N)N)cc2)o1.N=C(N)c1ccc(OC(=O)c2ccc(CN3CCC[C@@H]3C(=O)C[C@@H](CS(=O)(=O)O)C(=O)O)o2)cc1.N=C(N)c1ccc(OC(=O)c2ccc(CN3CCC[C@H]3C(=O)C[C@@H](CS(=O)(=O)O)C(=O)O)o2)cc1.N=C(N)c1ccc2cc(OC(=O)c3ccc(CN4CCC[C@@H]4C(=O)C[C@@H](CS(=O)(=O)O)C(=O)O)o3)ccc2c1. The lowest BCUT2D eigenvalue weighted by molar-refractivity contribution is -0.150. The van der Waals surface area contributed by atoms with Crippen LogP contribution in [0.2, 0.25) is 0 Å². The fraction of sp³-hybridized carbons (Fsp3) is 0.351. The van der Waals surface area contributed by atoms with Gasteiger partial charge in [-0.15, -0.1) is 0 Å². The summed E-state index contributed by atoms with van der Waals surface area (Å²) in [5.41, 5.74) is 23.7. The Balaban J connectivity index is 0.000000214. The van der Waals surface area contributed by atoms with E-state index in [1.165, 1.54) is 84.9 Å². The maximum absolute atomic E-state index is 12.9. The number of nitrogen functional groups attached to an aromatic ring is 4. The van der Waals surface area contributed by atoms with Crippen molar-refractivity contribution in [1.29, 1.82) is 21.6 Å². The minimum Gasteiger partial charge on any atom is -0.481 e. The highest BCUT2D eigenvalue weighted by atomic mass is 32.2. The van der Waals surface area contributed by atoms with Crippen LogP contribution in [-0.4, -0.2) is 252 Å². The summed E-state index contributed by atoms with van der Waals surface area (Å²) in [5, 5.41) is 77.2. The van der Waals surface area contributed by atoms with Gasteiger partial charge in [0.1, 0.15) is 69.4 Å². The maximum Gasteiger partial charge on any atom is 0.379 e. The number of fused-ring (bicyclic) bond motifs is 1. The molecule has 0 bridgehead atoms. The average Bonchev–Trinajstić information content (AvgIpc) is 1.29. The van der Waals surface area contributed by atoms with Gasteiger partial charge in [-0.2, -0.15) is 25.3 Å². The molecule has 50 heteroatoms. The highest BCUT2D eigenvalue weighted by Crippen LogP contribution is 2.32. The van der Waals surface area contributed by atoms with Gasteiger partial charge in [-0.25, -0.2) is 19.2 Å². The van der Waals surface area contributed by atoms with Gasteiger partial charge >= 0.3 is 53.7 Å². The Hall–Kier alpha value is -15.2. The Morgan fingerprint density at radius 3 is 0.944 bits per heavy atom. The molecule has 0 amide bonds. The molecule has 0 unspecified atom stereocenters. The number of carbonyl (C=O) groups excluding carboxylic acids is 8. The summed E-state index contributed by atoms with van der Waals surface area (Å²) < 4.78 is 137. The summed E-state index contributed by atoms with van der Waals surface area (Å²) in [6.45, 7) is 5.84. The van der Waals surface area contributed by atoms with Gasteiger partial charge in [-0.1, -0.05) is 32.0 Å². The number of nitrogens with zero attached hydrogens (tertiary/aromatic N) is 4. The molecule has 0 saturated carbocycles. The van der Waals surface area contributed by atoms with E-state index in [2.05, 4.69) is 0 Å². The van der Waals surface area contributed by atoms with Gasteiger partial charge in [0.2, 0.25) is 23.0 Å². The van der Waals surface area contributed by atoms with E-state index in [9.17, 15) is 108 Å². The Kier molecular flexibility index (Phi) is 39.4. The zero-order valence-electron chi connectivity index (χ0n) is 77.5. The molecular formula is C94H106N12O35S3. The smallest absolute Gasteiger partial charge is 0.379 e. The second kappa shape index (κ2) is 50.5. The molecule has 47 nitrogen and oxygen atoms in total. The van der Waals surface area contributed by atoms with E-state index < -0.39 is 204 Å². The molecule has 0 radical (unpaired) electrons. The highest BCUT2D eigenvalue weighted by Gasteiger charge is 2.41. The molecule has 7 heterocycles. The monoisotopic (exact) mass is 2060 g/mol. The highest BCUT2D eigenvalue weighted by molar-refractivity contribution is 7.86. The number of nitrogens with two attached hydrogens (primary N) is 4. The quantitative estimate of drug-likeness (QED) is 0.00580. The number of rotatable bonds is 46. The number of hydrogen-bond acceptors (Lipinski definition) is 35. The number of furan rings is 4. The Morgan fingerprint density at radius 1 is 0.375 bits per heavy atom. The lowest BCUT2D eigenvalue weighted by atomic mass is 9.90. The zero-order chi connectivity index (χ0) is 106. The van der Waals surface area contributed by atoms with Crippen LogP contribution in [0.3, 0.4) is 0 Å². The lowest BCUT2D eigenvalue weighted by Crippen LogP contribution is -2.43. The van der Waals surface area contributed by atoms with Gasteiger partial charge in [0.15, 0.2) is 23.1 Å². The van der Waals surface area contributed by atoms with Crippen molar-refractivity contribution in [2.45, 2.75) is 135 Å².